The molecule has 0 saturated carbocycles. The number of amides is 2. The fourth-order valence-electron chi connectivity index (χ4n) is 2.77. The second kappa shape index (κ2) is 8.18. The topological polar surface area (TPSA) is 49.9 Å². The predicted octanol–water partition coefficient (Wildman–Crippen LogP) is 2.80. The molecule has 5 nitrogen and oxygen atoms in total. The van der Waals surface area contributed by atoms with Crippen molar-refractivity contribution >= 4 is 11.8 Å². The van der Waals surface area contributed by atoms with Gasteiger partial charge in [-0.25, -0.2) is 0 Å². The van der Waals surface area contributed by atoms with E-state index in [9.17, 15) is 9.59 Å². The molecule has 0 atom stereocenters. The lowest BCUT2D eigenvalue weighted by molar-refractivity contribution is -0.133. The van der Waals surface area contributed by atoms with E-state index >= 15 is 0 Å². The van der Waals surface area contributed by atoms with E-state index in [1.54, 1.807) is 12.1 Å². The summed E-state index contributed by atoms with van der Waals surface area (Å²) in [6, 6.07) is 7.26. The Morgan fingerprint density at radius 3 is 2.00 bits per heavy atom. The van der Waals surface area contributed by atoms with Crippen LogP contribution in [-0.2, 0) is 4.79 Å². The summed E-state index contributed by atoms with van der Waals surface area (Å²) in [7, 11) is 0. The highest BCUT2D eigenvalue weighted by Crippen LogP contribution is 2.16. The zero-order valence-corrected chi connectivity index (χ0v) is 15.1. The molecule has 1 saturated heterocycles. The summed E-state index contributed by atoms with van der Waals surface area (Å²) in [4.78, 5) is 28.3. The summed E-state index contributed by atoms with van der Waals surface area (Å²) in [6.07, 6.45) is 0.689. The van der Waals surface area contributed by atoms with E-state index in [1.807, 2.05) is 49.6 Å². The van der Waals surface area contributed by atoms with E-state index in [0.29, 0.717) is 44.1 Å². The fraction of sp³-hybridized carbons (Fsp3) is 0.579. The first kappa shape index (κ1) is 18.3. The van der Waals surface area contributed by atoms with Gasteiger partial charge in [-0.2, -0.15) is 0 Å². The van der Waals surface area contributed by atoms with Crippen LogP contribution >= 0.6 is 0 Å². The monoisotopic (exact) mass is 332 g/mol. The van der Waals surface area contributed by atoms with Gasteiger partial charge >= 0.3 is 0 Å². The van der Waals surface area contributed by atoms with Gasteiger partial charge in [0.15, 0.2) is 0 Å². The largest absolute Gasteiger partial charge is 0.491 e. The third kappa shape index (κ3) is 4.98. The standard InChI is InChI=1S/C19H28N2O3/c1-14(2)13-18(22)20-9-11-21(12-10-20)19(23)16-5-7-17(8-6-16)24-15(3)4/h5-8,14-15H,9-13H2,1-4H3. The smallest absolute Gasteiger partial charge is 0.253 e. The second-order valence-electron chi connectivity index (χ2n) is 6.96. The minimum atomic E-state index is 0.0158. The maximum absolute atomic E-state index is 12.6. The molecule has 0 aromatic heterocycles. The van der Waals surface area contributed by atoms with Crippen molar-refractivity contribution in [2.24, 2.45) is 5.92 Å². The molecule has 0 radical (unpaired) electrons. The summed E-state index contributed by atoms with van der Waals surface area (Å²) < 4.78 is 5.60. The molecule has 5 heteroatoms. The number of benzene rings is 1. The Bertz CT molecular complexity index is 558. The molecular weight excluding hydrogens is 304 g/mol. The van der Waals surface area contributed by atoms with E-state index in [2.05, 4.69) is 0 Å². The lowest BCUT2D eigenvalue weighted by atomic mass is 10.1. The first-order valence-corrected chi connectivity index (χ1v) is 8.70. The molecule has 0 aliphatic carbocycles. The maximum Gasteiger partial charge on any atom is 0.253 e. The molecule has 132 valence electrons. The molecule has 0 N–H and O–H groups in total. The highest BCUT2D eigenvalue weighted by molar-refractivity contribution is 5.94. The predicted molar refractivity (Wildman–Crippen MR) is 94.1 cm³/mol. The van der Waals surface area contributed by atoms with Crippen molar-refractivity contribution in [3.05, 3.63) is 29.8 Å². The van der Waals surface area contributed by atoms with Crippen LogP contribution in [0.4, 0.5) is 0 Å². The zero-order valence-electron chi connectivity index (χ0n) is 15.1. The normalized spacial score (nSPS) is 15.1. The lowest BCUT2D eigenvalue weighted by Crippen LogP contribution is -2.50. The molecule has 1 aliphatic rings. The summed E-state index contributed by atoms with van der Waals surface area (Å²) in [5.74, 6) is 1.34. The van der Waals surface area contributed by atoms with Gasteiger partial charge in [-0.3, -0.25) is 9.59 Å². The van der Waals surface area contributed by atoms with Gasteiger partial charge in [0.1, 0.15) is 5.75 Å². The molecule has 0 bridgehead atoms. The Morgan fingerprint density at radius 2 is 1.50 bits per heavy atom. The quantitative estimate of drug-likeness (QED) is 0.833. The minimum absolute atomic E-state index is 0.0158. The van der Waals surface area contributed by atoms with Gasteiger partial charge in [-0.1, -0.05) is 13.8 Å². The number of hydrogen-bond acceptors (Lipinski definition) is 3. The molecule has 1 fully saturated rings. The second-order valence-corrected chi connectivity index (χ2v) is 6.96. The van der Waals surface area contributed by atoms with Crippen molar-refractivity contribution < 1.29 is 14.3 Å². The molecule has 0 unspecified atom stereocenters. The van der Waals surface area contributed by atoms with Crippen LogP contribution in [-0.4, -0.2) is 53.9 Å². The average Bonchev–Trinajstić information content (AvgIpc) is 2.54. The van der Waals surface area contributed by atoms with E-state index in [1.165, 1.54) is 0 Å². The van der Waals surface area contributed by atoms with Crippen molar-refractivity contribution in [3.8, 4) is 5.75 Å². The number of nitrogens with zero attached hydrogens (tertiary/aromatic N) is 2. The number of ether oxygens (including phenoxy) is 1. The summed E-state index contributed by atoms with van der Waals surface area (Å²) in [6.45, 7) is 10.4. The van der Waals surface area contributed by atoms with Crippen LogP contribution in [0, 0.1) is 5.92 Å². The average molecular weight is 332 g/mol. The van der Waals surface area contributed by atoms with Crippen LogP contribution in [0.25, 0.3) is 0 Å². The van der Waals surface area contributed by atoms with Gasteiger partial charge in [0, 0.05) is 38.2 Å². The highest BCUT2D eigenvalue weighted by Gasteiger charge is 2.25. The number of hydrogen-bond donors (Lipinski definition) is 0. The Hall–Kier alpha value is -2.04. The highest BCUT2D eigenvalue weighted by atomic mass is 16.5. The van der Waals surface area contributed by atoms with E-state index in [4.69, 9.17) is 4.74 Å². The fourth-order valence-corrected chi connectivity index (χ4v) is 2.77. The van der Waals surface area contributed by atoms with Crippen LogP contribution < -0.4 is 4.74 Å². The van der Waals surface area contributed by atoms with Crippen molar-refractivity contribution in [2.45, 2.75) is 40.2 Å². The summed E-state index contributed by atoms with van der Waals surface area (Å²) in [5, 5.41) is 0. The molecule has 1 aromatic rings. The summed E-state index contributed by atoms with van der Waals surface area (Å²) >= 11 is 0. The van der Waals surface area contributed by atoms with E-state index in [0.717, 1.165) is 5.75 Å². The SMILES string of the molecule is CC(C)CC(=O)N1CCN(C(=O)c2ccc(OC(C)C)cc2)CC1. The van der Waals surface area contributed by atoms with Gasteiger partial charge in [-0.15, -0.1) is 0 Å². The number of piperazine rings is 1. The van der Waals surface area contributed by atoms with Gasteiger partial charge in [0.05, 0.1) is 6.10 Å². The molecule has 1 heterocycles. The Kier molecular flexibility index (Phi) is 6.23. The van der Waals surface area contributed by atoms with Crippen LogP contribution in [0.3, 0.4) is 0 Å². The molecule has 2 rings (SSSR count). The first-order chi connectivity index (χ1) is 11.4. The van der Waals surface area contributed by atoms with E-state index < -0.39 is 0 Å². The van der Waals surface area contributed by atoms with Crippen LogP contribution in [0.15, 0.2) is 24.3 Å². The van der Waals surface area contributed by atoms with Crippen LogP contribution in [0.1, 0.15) is 44.5 Å². The lowest BCUT2D eigenvalue weighted by Gasteiger charge is -2.35. The molecule has 1 aromatic carbocycles. The van der Waals surface area contributed by atoms with Crippen molar-refractivity contribution in [1.82, 2.24) is 9.80 Å². The van der Waals surface area contributed by atoms with Gasteiger partial charge in [0.25, 0.3) is 5.91 Å². The number of rotatable bonds is 5. The van der Waals surface area contributed by atoms with Gasteiger partial charge < -0.3 is 14.5 Å². The van der Waals surface area contributed by atoms with Gasteiger partial charge in [0.2, 0.25) is 5.91 Å². The molecular formula is C19H28N2O3. The maximum atomic E-state index is 12.6. The first-order valence-electron chi connectivity index (χ1n) is 8.70. The van der Waals surface area contributed by atoms with Crippen LogP contribution in [0.5, 0.6) is 5.75 Å². The third-order valence-electron chi connectivity index (χ3n) is 3.98. The molecule has 1 aliphatic heterocycles. The van der Waals surface area contributed by atoms with Gasteiger partial charge in [-0.05, 0) is 44.0 Å². The van der Waals surface area contributed by atoms with Crippen molar-refractivity contribution in [3.63, 3.8) is 0 Å². The molecule has 0 spiro atoms. The molecule has 24 heavy (non-hydrogen) atoms. The zero-order chi connectivity index (χ0) is 17.7. The van der Waals surface area contributed by atoms with Crippen molar-refractivity contribution in [2.75, 3.05) is 26.2 Å². The third-order valence-corrected chi connectivity index (χ3v) is 3.98. The Morgan fingerprint density at radius 1 is 0.958 bits per heavy atom. The molecule has 2 amide bonds. The number of carbonyl (C=O) groups excluding carboxylic acids is 2. The van der Waals surface area contributed by atoms with Crippen molar-refractivity contribution in [1.29, 1.82) is 0 Å². The summed E-state index contributed by atoms with van der Waals surface area (Å²) in [5.41, 5.74) is 0.660. The van der Waals surface area contributed by atoms with E-state index in [-0.39, 0.29) is 17.9 Å². The Labute approximate surface area is 144 Å². The Balaban J connectivity index is 1.89. The van der Waals surface area contributed by atoms with Crippen LogP contribution in [0.2, 0.25) is 0 Å². The number of carbonyl (C=O) groups is 2. The minimum Gasteiger partial charge on any atom is -0.491 e.